The molecule has 2 heterocycles. The van der Waals surface area contributed by atoms with E-state index in [1.807, 2.05) is 18.2 Å². The summed E-state index contributed by atoms with van der Waals surface area (Å²) >= 11 is 0. The number of aliphatic imine (C=N–C) groups is 1. The number of amides is 1. The Hall–Kier alpha value is -2.23. The number of anilines is 1. The van der Waals surface area contributed by atoms with Crippen molar-refractivity contribution in [1.29, 1.82) is 0 Å². The first-order valence-corrected chi connectivity index (χ1v) is 10.2. The average Bonchev–Trinajstić information content (AvgIpc) is 3.26. The lowest BCUT2D eigenvalue weighted by molar-refractivity contribution is -0.127. The molecule has 1 saturated heterocycles. The van der Waals surface area contributed by atoms with Crippen LogP contribution in [-0.2, 0) is 11.2 Å². The van der Waals surface area contributed by atoms with Gasteiger partial charge in [0.15, 0.2) is 5.96 Å². The molecule has 0 radical (unpaired) electrons. The van der Waals surface area contributed by atoms with Gasteiger partial charge in [0.2, 0.25) is 5.91 Å². The number of para-hydroxylation sites is 1. The number of benzene rings is 1. The van der Waals surface area contributed by atoms with Gasteiger partial charge in [-0.05, 0) is 37.1 Å². The average molecular weight is 525 g/mol. The number of rotatable bonds is 7. The molecule has 30 heavy (non-hydrogen) atoms. The van der Waals surface area contributed by atoms with E-state index in [0.29, 0.717) is 12.5 Å². The predicted molar refractivity (Wildman–Crippen MR) is 132 cm³/mol. The quantitative estimate of drug-likeness (QED) is 0.331. The summed E-state index contributed by atoms with van der Waals surface area (Å²) in [5, 5.41) is 6.87. The molecule has 1 aromatic carbocycles. The van der Waals surface area contributed by atoms with E-state index in [4.69, 9.17) is 4.42 Å². The molecule has 7 nitrogen and oxygen atoms in total. The minimum atomic E-state index is -0.0216. The van der Waals surface area contributed by atoms with Crippen LogP contribution in [0.1, 0.15) is 18.6 Å². The molecule has 0 saturated carbocycles. The van der Waals surface area contributed by atoms with Crippen molar-refractivity contribution < 1.29 is 9.21 Å². The molecule has 1 fully saturated rings. The van der Waals surface area contributed by atoms with Crippen LogP contribution in [0.2, 0.25) is 0 Å². The molecule has 2 N–H and O–H groups in total. The summed E-state index contributed by atoms with van der Waals surface area (Å²) in [6.45, 7) is 2.77. The number of carbonyl (C=O) groups is 1. The van der Waals surface area contributed by atoms with Crippen LogP contribution in [0.4, 0.5) is 5.69 Å². The molecule has 0 bridgehead atoms. The number of halogens is 1. The number of guanidine groups is 1. The first kappa shape index (κ1) is 24.0. The Kier molecular flexibility index (Phi) is 9.99. The van der Waals surface area contributed by atoms with Gasteiger partial charge >= 0.3 is 0 Å². The Balaban J connectivity index is 0.00000320. The number of nitrogens with zero attached hydrogens (tertiary/aromatic N) is 3. The lowest BCUT2D eigenvalue weighted by Gasteiger charge is -2.35. The van der Waals surface area contributed by atoms with Gasteiger partial charge in [-0.2, -0.15) is 0 Å². The molecule has 1 amide bonds. The molecular formula is C22H32IN5O2. The molecule has 164 valence electrons. The van der Waals surface area contributed by atoms with E-state index in [1.165, 1.54) is 5.69 Å². The minimum absolute atomic E-state index is 0. The third-order valence-corrected chi connectivity index (χ3v) is 5.00. The highest BCUT2D eigenvalue weighted by Gasteiger charge is 2.21. The van der Waals surface area contributed by atoms with E-state index in [2.05, 4.69) is 44.8 Å². The van der Waals surface area contributed by atoms with Crippen LogP contribution in [0.25, 0.3) is 0 Å². The number of hydrogen-bond donors (Lipinski definition) is 2. The van der Waals surface area contributed by atoms with Gasteiger partial charge < -0.3 is 24.9 Å². The van der Waals surface area contributed by atoms with Crippen molar-refractivity contribution in [3.05, 3.63) is 54.5 Å². The molecule has 1 aliphatic heterocycles. The summed E-state index contributed by atoms with van der Waals surface area (Å²) in [5.41, 5.74) is 1.24. The number of hydrogen-bond acceptors (Lipinski definition) is 4. The van der Waals surface area contributed by atoms with Gasteiger partial charge in [0, 0.05) is 51.9 Å². The van der Waals surface area contributed by atoms with Gasteiger partial charge in [-0.15, -0.1) is 24.0 Å². The zero-order valence-corrected chi connectivity index (χ0v) is 20.0. The summed E-state index contributed by atoms with van der Waals surface area (Å²) in [7, 11) is 3.49. The number of piperidine rings is 1. The second kappa shape index (κ2) is 12.5. The van der Waals surface area contributed by atoms with Crippen molar-refractivity contribution in [1.82, 2.24) is 15.5 Å². The highest BCUT2D eigenvalue weighted by atomic mass is 127. The van der Waals surface area contributed by atoms with Crippen molar-refractivity contribution in [2.75, 3.05) is 45.2 Å². The number of carbonyl (C=O) groups excluding carboxylic acids is 1. The second-order valence-corrected chi connectivity index (χ2v) is 7.47. The van der Waals surface area contributed by atoms with Gasteiger partial charge in [0.25, 0.3) is 0 Å². The Bertz CT molecular complexity index is 780. The lowest BCUT2D eigenvalue weighted by atomic mass is 10.1. The second-order valence-electron chi connectivity index (χ2n) is 7.47. The Labute approximate surface area is 195 Å². The summed E-state index contributed by atoms with van der Waals surface area (Å²) < 4.78 is 5.39. The number of furan rings is 1. The van der Waals surface area contributed by atoms with Crippen LogP contribution < -0.4 is 15.5 Å². The number of nitrogens with one attached hydrogen (secondary N) is 2. The van der Waals surface area contributed by atoms with Crippen molar-refractivity contribution in [2.24, 2.45) is 4.99 Å². The molecule has 3 rings (SSSR count). The maximum Gasteiger partial charge on any atom is 0.243 e. The summed E-state index contributed by atoms with van der Waals surface area (Å²) in [6.07, 6.45) is 4.63. The molecule has 1 aliphatic rings. The van der Waals surface area contributed by atoms with Crippen LogP contribution in [0.15, 0.2) is 58.1 Å². The summed E-state index contributed by atoms with van der Waals surface area (Å²) in [4.78, 5) is 20.4. The Morgan fingerprint density at radius 2 is 2.03 bits per heavy atom. The zero-order valence-electron chi connectivity index (χ0n) is 17.7. The standard InChI is InChI=1S/C22H31N5O2.HI/c1-26(2)21(28)16-24-22(23-13-12-20-11-7-15-29-20)25-18-8-6-14-27(17-18)19-9-4-3-5-10-19;/h3-5,7,9-11,15,18H,6,8,12-14,16-17H2,1-2H3,(H2,23,24,25);1H. The van der Waals surface area contributed by atoms with E-state index >= 15 is 0 Å². The first-order chi connectivity index (χ1) is 14.1. The van der Waals surface area contributed by atoms with Crippen LogP contribution in [0.3, 0.4) is 0 Å². The van der Waals surface area contributed by atoms with Crippen molar-refractivity contribution in [3.8, 4) is 0 Å². The third kappa shape index (κ3) is 7.55. The fourth-order valence-electron chi connectivity index (χ4n) is 3.36. The fourth-order valence-corrected chi connectivity index (χ4v) is 3.36. The van der Waals surface area contributed by atoms with E-state index < -0.39 is 0 Å². The third-order valence-electron chi connectivity index (χ3n) is 5.00. The molecule has 1 atom stereocenters. The first-order valence-electron chi connectivity index (χ1n) is 10.2. The van der Waals surface area contributed by atoms with Crippen LogP contribution in [0, 0.1) is 0 Å². The SMILES string of the molecule is CN(C)C(=O)CN=C(NCCc1ccco1)NC1CCCN(c2ccccc2)C1.I. The molecule has 1 unspecified atom stereocenters. The van der Waals surface area contributed by atoms with Crippen LogP contribution >= 0.6 is 24.0 Å². The van der Waals surface area contributed by atoms with E-state index in [-0.39, 0.29) is 42.5 Å². The fraction of sp³-hybridized carbons (Fsp3) is 0.455. The maximum atomic E-state index is 12.0. The van der Waals surface area contributed by atoms with Gasteiger partial charge in [-0.1, -0.05) is 18.2 Å². The maximum absolute atomic E-state index is 12.0. The molecule has 8 heteroatoms. The van der Waals surface area contributed by atoms with Crippen molar-refractivity contribution >= 4 is 41.5 Å². The largest absolute Gasteiger partial charge is 0.469 e. The molecule has 0 aliphatic carbocycles. The topological polar surface area (TPSA) is 73.1 Å². The van der Waals surface area contributed by atoms with Crippen LogP contribution in [0.5, 0.6) is 0 Å². The molecular weight excluding hydrogens is 493 g/mol. The molecule has 2 aromatic rings. The summed E-state index contributed by atoms with van der Waals surface area (Å²) in [5.74, 6) is 1.58. The highest BCUT2D eigenvalue weighted by molar-refractivity contribution is 14.0. The zero-order chi connectivity index (χ0) is 20.5. The minimum Gasteiger partial charge on any atom is -0.469 e. The molecule has 1 aromatic heterocycles. The normalized spacial score (nSPS) is 16.5. The Morgan fingerprint density at radius 3 is 2.73 bits per heavy atom. The van der Waals surface area contributed by atoms with Gasteiger partial charge in [-0.3, -0.25) is 4.79 Å². The smallest absolute Gasteiger partial charge is 0.243 e. The van der Waals surface area contributed by atoms with Crippen molar-refractivity contribution in [2.45, 2.75) is 25.3 Å². The molecule has 0 spiro atoms. The Morgan fingerprint density at radius 1 is 1.23 bits per heavy atom. The van der Waals surface area contributed by atoms with Gasteiger partial charge in [0.05, 0.1) is 6.26 Å². The lowest BCUT2D eigenvalue weighted by Crippen LogP contribution is -2.51. The highest BCUT2D eigenvalue weighted by Crippen LogP contribution is 2.19. The van der Waals surface area contributed by atoms with Gasteiger partial charge in [-0.25, -0.2) is 4.99 Å². The van der Waals surface area contributed by atoms with E-state index in [9.17, 15) is 4.79 Å². The van der Waals surface area contributed by atoms with Crippen LogP contribution in [-0.4, -0.2) is 63.1 Å². The van der Waals surface area contributed by atoms with Gasteiger partial charge in [0.1, 0.15) is 12.3 Å². The van der Waals surface area contributed by atoms with E-state index in [0.717, 1.165) is 38.1 Å². The summed E-state index contributed by atoms with van der Waals surface area (Å²) in [6, 6.07) is 14.6. The van der Waals surface area contributed by atoms with E-state index in [1.54, 1.807) is 25.3 Å². The predicted octanol–water partition coefficient (Wildman–Crippen LogP) is 2.73. The number of likely N-dealkylation sites (N-methyl/N-ethyl adjacent to an activating group) is 1. The van der Waals surface area contributed by atoms with Crippen molar-refractivity contribution in [3.63, 3.8) is 0 Å². The monoisotopic (exact) mass is 525 g/mol.